The summed E-state index contributed by atoms with van der Waals surface area (Å²) in [6, 6.07) is 5.67. The number of nitrogens with zero attached hydrogens (tertiary/aromatic N) is 2. The van der Waals surface area contributed by atoms with Crippen molar-refractivity contribution in [2.24, 2.45) is 0 Å². The maximum Gasteiger partial charge on any atom is 0.153 e. The van der Waals surface area contributed by atoms with Crippen LogP contribution in [0.15, 0.2) is 12.1 Å². The highest BCUT2D eigenvalue weighted by molar-refractivity contribution is 5.42. The van der Waals surface area contributed by atoms with E-state index in [9.17, 15) is 0 Å². The van der Waals surface area contributed by atoms with Crippen molar-refractivity contribution >= 4 is 0 Å². The van der Waals surface area contributed by atoms with Crippen LogP contribution in [-0.2, 0) is 0 Å². The lowest BCUT2D eigenvalue weighted by Gasteiger charge is -2.37. The molecule has 0 amide bonds. The summed E-state index contributed by atoms with van der Waals surface area (Å²) in [7, 11) is 0. The average molecular weight is 306 g/mol. The van der Waals surface area contributed by atoms with Crippen LogP contribution in [0.1, 0.15) is 58.2 Å². The minimum Gasteiger partial charge on any atom is -0.404 e. The summed E-state index contributed by atoms with van der Waals surface area (Å²) in [6.45, 7) is 20.5. The van der Waals surface area contributed by atoms with Crippen molar-refractivity contribution in [1.82, 2.24) is 9.96 Å². The lowest BCUT2D eigenvalue weighted by Crippen LogP contribution is -2.49. The Hall–Kier alpha value is -1.06. The molecule has 1 aromatic carbocycles. The molecule has 0 atom stereocenters. The minimum absolute atomic E-state index is 0.320. The number of hydrogen-bond donors (Lipinski definition) is 0. The van der Waals surface area contributed by atoms with Gasteiger partial charge in [-0.05, 0) is 73.4 Å². The van der Waals surface area contributed by atoms with Crippen LogP contribution < -0.4 is 4.84 Å². The highest BCUT2D eigenvalue weighted by Gasteiger charge is 2.22. The zero-order valence-corrected chi connectivity index (χ0v) is 15.9. The van der Waals surface area contributed by atoms with Gasteiger partial charge < -0.3 is 4.84 Å². The van der Waals surface area contributed by atoms with Crippen molar-refractivity contribution in [3.05, 3.63) is 28.8 Å². The Bertz CT molecular complexity index is 449. The Morgan fingerprint density at radius 3 is 1.64 bits per heavy atom. The minimum atomic E-state index is 0.320. The van der Waals surface area contributed by atoms with Gasteiger partial charge in [0.1, 0.15) is 0 Å². The molecule has 0 fully saturated rings. The molecule has 0 saturated heterocycles. The molecular weight excluding hydrogens is 272 g/mol. The Morgan fingerprint density at radius 1 is 0.818 bits per heavy atom. The van der Waals surface area contributed by atoms with Crippen LogP contribution in [0.5, 0.6) is 5.75 Å². The molecule has 0 aliphatic heterocycles. The predicted molar refractivity (Wildman–Crippen MR) is 95.2 cm³/mol. The van der Waals surface area contributed by atoms with Gasteiger partial charge in [0.15, 0.2) is 5.75 Å². The Balaban J connectivity index is 2.99. The molecule has 0 unspecified atom stereocenters. The third kappa shape index (κ3) is 4.99. The number of rotatable bonds is 7. The van der Waals surface area contributed by atoms with Crippen LogP contribution in [0.2, 0.25) is 0 Å². The smallest absolute Gasteiger partial charge is 0.153 e. The van der Waals surface area contributed by atoms with E-state index in [1.807, 2.05) is 0 Å². The normalized spacial score (nSPS) is 12.3. The van der Waals surface area contributed by atoms with Gasteiger partial charge in [-0.3, -0.25) is 4.90 Å². The van der Waals surface area contributed by atoms with Gasteiger partial charge in [-0.25, -0.2) is 0 Å². The zero-order chi connectivity index (χ0) is 17.0. The van der Waals surface area contributed by atoms with E-state index in [1.165, 1.54) is 16.7 Å². The molecule has 1 aromatic rings. The van der Waals surface area contributed by atoms with Crippen molar-refractivity contribution in [1.29, 1.82) is 0 Å². The number of hydrogen-bond acceptors (Lipinski definition) is 3. The monoisotopic (exact) mass is 306 g/mol. The van der Waals surface area contributed by atoms with Crippen molar-refractivity contribution in [2.45, 2.75) is 80.4 Å². The van der Waals surface area contributed by atoms with Crippen molar-refractivity contribution in [2.75, 3.05) is 6.67 Å². The van der Waals surface area contributed by atoms with E-state index >= 15 is 0 Å². The van der Waals surface area contributed by atoms with Gasteiger partial charge in [0.25, 0.3) is 0 Å². The largest absolute Gasteiger partial charge is 0.404 e. The molecule has 3 heteroatoms. The molecule has 0 aromatic heterocycles. The molecular formula is C19H34N2O. The van der Waals surface area contributed by atoms with Gasteiger partial charge in [0, 0.05) is 18.1 Å². The van der Waals surface area contributed by atoms with E-state index in [2.05, 4.69) is 84.4 Å². The van der Waals surface area contributed by atoms with Gasteiger partial charge in [-0.15, -0.1) is 5.06 Å². The predicted octanol–water partition coefficient (Wildman–Crippen LogP) is 4.69. The summed E-state index contributed by atoms with van der Waals surface area (Å²) in [6.07, 6.45) is 0. The highest BCUT2D eigenvalue weighted by atomic mass is 16.7. The van der Waals surface area contributed by atoms with E-state index in [4.69, 9.17) is 4.84 Å². The second kappa shape index (κ2) is 7.98. The van der Waals surface area contributed by atoms with E-state index in [-0.39, 0.29) is 0 Å². The van der Waals surface area contributed by atoms with E-state index < -0.39 is 0 Å². The summed E-state index contributed by atoms with van der Waals surface area (Å²) in [5, 5.41) is 2.09. The van der Waals surface area contributed by atoms with Crippen LogP contribution in [0, 0.1) is 20.8 Å². The van der Waals surface area contributed by atoms with Gasteiger partial charge in [0.2, 0.25) is 0 Å². The first-order valence-corrected chi connectivity index (χ1v) is 8.41. The fourth-order valence-electron chi connectivity index (χ4n) is 2.81. The van der Waals surface area contributed by atoms with Crippen LogP contribution in [0.3, 0.4) is 0 Å². The number of hydroxylamine groups is 2. The van der Waals surface area contributed by atoms with Crippen LogP contribution in [0.4, 0.5) is 0 Å². The maximum atomic E-state index is 6.31. The number of aryl methyl sites for hydroxylation is 3. The van der Waals surface area contributed by atoms with Gasteiger partial charge >= 0.3 is 0 Å². The summed E-state index contributed by atoms with van der Waals surface area (Å²) in [4.78, 5) is 8.76. The van der Waals surface area contributed by atoms with Crippen LogP contribution >= 0.6 is 0 Å². The second-order valence-corrected chi connectivity index (χ2v) is 7.17. The summed E-state index contributed by atoms with van der Waals surface area (Å²) >= 11 is 0. The van der Waals surface area contributed by atoms with E-state index in [1.54, 1.807) is 0 Å². The topological polar surface area (TPSA) is 15.7 Å². The third-order valence-corrected chi connectivity index (χ3v) is 4.02. The van der Waals surface area contributed by atoms with Crippen molar-refractivity contribution in [3.8, 4) is 5.75 Å². The third-order valence-electron chi connectivity index (χ3n) is 4.02. The van der Waals surface area contributed by atoms with Gasteiger partial charge in [-0.2, -0.15) is 0 Å². The van der Waals surface area contributed by atoms with Crippen LogP contribution in [0.25, 0.3) is 0 Å². The standard InChI is InChI=1S/C19H34N2O/c1-13(2)20(14(3)4)12-21(15(5)6)22-19-17(8)10-16(7)11-18(19)9/h10-11,13-15H,12H2,1-9H3. The Kier molecular flexibility index (Phi) is 6.89. The number of benzene rings is 1. The fourth-order valence-corrected chi connectivity index (χ4v) is 2.81. The molecule has 0 aliphatic carbocycles. The molecule has 3 nitrogen and oxygen atoms in total. The SMILES string of the molecule is Cc1cc(C)c(ON(CN(C(C)C)C(C)C)C(C)C)c(C)c1. The summed E-state index contributed by atoms with van der Waals surface area (Å²) in [5.74, 6) is 0.992. The maximum absolute atomic E-state index is 6.31. The molecule has 22 heavy (non-hydrogen) atoms. The molecule has 0 saturated carbocycles. The molecule has 0 aliphatic rings. The average Bonchev–Trinajstić information content (AvgIpc) is 2.35. The van der Waals surface area contributed by atoms with Crippen LogP contribution in [-0.4, -0.2) is 34.8 Å². The molecule has 1 rings (SSSR count). The highest BCUT2D eigenvalue weighted by Crippen LogP contribution is 2.26. The first kappa shape index (κ1) is 19.0. The van der Waals surface area contributed by atoms with Gasteiger partial charge in [-0.1, -0.05) is 17.7 Å². The first-order chi connectivity index (χ1) is 10.1. The Morgan fingerprint density at radius 2 is 1.27 bits per heavy atom. The molecule has 0 heterocycles. The summed E-state index contributed by atoms with van der Waals surface area (Å²) in [5.41, 5.74) is 3.68. The van der Waals surface area contributed by atoms with E-state index in [0.717, 1.165) is 12.4 Å². The molecule has 0 spiro atoms. The first-order valence-electron chi connectivity index (χ1n) is 8.41. The lowest BCUT2D eigenvalue weighted by molar-refractivity contribution is -0.130. The van der Waals surface area contributed by atoms with Crippen molar-refractivity contribution < 1.29 is 4.84 Å². The zero-order valence-electron chi connectivity index (χ0n) is 15.9. The van der Waals surface area contributed by atoms with E-state index in [0.29, 0.717) is 18.1 Å². The van der Waals surface area contributed by atoms with Crippen molar-refractivity contribution in [3.63, 3.8) is 0 Å². The quantitative estimate of drug-likeness (QED) is 0.537. The van der Waals surface area contributed by atoms with Gasteiger partial charge in [0.05, 0.1) is 6.67 Å². The summed E-state index contributed by atoms with van der Waals surface area (Å²) < 4.78 is 0. The molecule has 126 valence electrons. The fraction of sp³-hybridized carbons (Fsp3) is 0.684. The molecule has 0 radical (unpaired) electrons. The molecule has 0 N–H and O–H groups in total. The Labute approximate surface area is 137 Å². The second-order valence-electron chi connectivity index (χ2n) is 7.17. The lowest BCUT2D eigenvalue weighted by atomic mass is 10.1. The molecule has 0 bridgehead atoms.